The molecule has 2 N–H and O–H groups in total. The van der Waals surface area contributed by atoms with Crippen molar-refractivity contribution in [1.29, 1.82) is 0 Å². The van der Waals surface area contributed by atoms with Crippen LogP contribution in [-0.4, -0.2) is 32.1 Å². The van der Waals surface area contributed by atoms with Crippen LogP contribution in [0.15, 0.2) is 18.2 Å². The SMILES string of the molecule is Cc1ccc(N2CCC3(CC2)OCCO3)c(CN)c1. The quantitative estimate of drug-likeness (QED) is 0.883. The summed E-state index contributed by atoms with van der Waals surface area (Å²) in [6, 6.07) is 6.52. The molecule has 3 rings (SSSR count). The van der Waals surface area contributed by atoms with Crippen molar-refractivity contribution in [2.24, 2.45) is 5.73 Å². The van der Waals surface area contributed by atoms with Crippen LogP contribution < -0.4 is 10.6 Å². The Kier molecular flexibility index (Phi) is 3.48. The summed E-state index contributed by atoms with van der Waals surface area (Å²) in [5.41, 5.74) is 9.62. The molecule has 0 saturated carbocycles. The predicted molar refractivity (Wildman–Crippen MR) is 75.2 cm³/mol. The molecule has 2 aliphatic heterocycles. The highest BCUT2D eigenvalue weighted by atomic mass is 16.7. The second kappa shape index (κ2) is 5.12. The average molecular weight is 262 g/mol. The summed E-state index contributed by atoms with van der Waals surface area (Å²) in [5.74, 6) is -0.302. The van der Waals surface area contributed by atoms with Gasteiger partial charge in [-0.15, -0.1) is 0 Å². The van der Waals surface area contributed by atoms with Gasteiger partial charge in [-0.25, -0.2) is 0 Å². The van der Waals surface area contributed by atoms with Crippen LogP contribution in [-0.2, 0) is 16.0 Å². The Hall–Kier alpha value is -1.10. The smallest absolute Gasteiger partial charge is 0.171 e. The van der Waals surface area contributed by atoms with Crippen molar-refractivity contribution in [3.8, 4) is 0 Å². The Morgan fingerprint density at radius 3 is 2.53 bits per heavy atom. The number of piperidine rings is 1. The molecule has 0 unspecified atom stereocenters. The largest absolute Gasteiger partial charge is 0.371 e. The molecule has 2 aliphatic rings. The van der Waals surface area contributed by atoms with Gasteiger partial charge in [-0.2, -0.15) is 0 Å². The third kappa shape index (κ3) is 2.48. The van der Waals surface area contributed by atoms with E-state index in [1.807, 2.05) is 0 Å². The van der Waals surface area contributed by atoms with Crippen LogP contribution in [0.3, 0.4) is 0 Å². The molecule has 1 spiro atoms. The normalized spacial score (nSPS) is 22.1. The molecule has 2 fully saturated rings. The zero-order valence-electron chi connectivity index (χ0n) is 11.5. The summed E-state index contributed by atoms with van der Waals surface area (Å²) in [7, 11) is 0. The van der Waals surface area contributed by atoms with Gasteiger partial charge >= 0.3 is 0 Å². The van der Waals surface area contributed by atoms with Gasteiger partial charge in [-0.05, 0) is 18.6 Å². The third-order valence-electron chi connectivity index (χ3n) is 4.13. The van der Waals surface area contributed by atoms with Crippen LogP contribution in [0.1, 0.15) is 24.0 Å². The van der Waals surface area contributed by atoms with E-state index in [9.17, 15) is 0 Å². The Labute approximate surface area is 114 Å². The van der Waals surface area contributed by atoms with Gasteiger partial charge in [0, 0.05) is 38.2 Å². The molecule has 4 heteroatoms. The van der Waals surface area contributed by atoms with Gasteiger partial charge in [0.15, 0.2) is 5.79 Å². The highest BCUT2D eigenvalue weighted by molar-refractivity contribution is 5.55. The highest BCUT2D eigenvalue weighted by Gasteiger charge is 2.39. The van der Waals surface area contributed by atoms with Gasteiger partial charge < -0.3 is 20.1 Å². The standard InChI is InChI=1S/C15H22N2O2/c1-12-2-3-14(13(10-12)11-16)17-6-4-15(5-7-17)18-8-9-19-15/h2-3,10H,4-9,11,16H2,1H3. The first kappa shape index (κ1) is 12.9. The lowest BCUT2D eigenvalue weighted by Crippen LogP contribution is -2.45. The van der Waals surface area contributed by atoms with Crippen LogP contribution in [0, 0.1) is 6.92 Å². The number of benzene rings is 1. The highest BCUT2D eigenvalue weighted by Crippen LogP contribution is 2.34. The second-order valence-corrected chi connectivity index (χ2v) is 5.43. The van der Waals surface area contributed by atoms with E-state index < -0.39 is 0 Å². The molecular weight excluding hydrogens is 240 g/mol. The minimum Gasteiger partial charge on any atom is -0.371 e. The van der Waals surface area contributed by atoms with Crippen molar-refractivity contribution in [1.82, 2.24) is 0 Å². The summed E-state index contributed by atoms with van der Waals surface area (Å²) >= 11 is 0. The lowest BCUT2D eigenvalue weighted by molar-refractivity contribution is -0.169. The summed E-state index contributed by atoms with van der Waals surface area (Å²) < 4.78 is 11.5. The van der Waals surface area contributed by atoms with Crippen molar-refractivity contribution in [2.75, 3.05) is 31.2 Å². The molecule has 1 aromatic carbocycles. The number of ether oxygens (including phenoxy) is 2. The first-order valence-electron chi connectivity index (χ1n) is 7.05. The van der Waals surface area contributed by atoms with Gasteiger partial charge in [-0.3, -0.25) is 0 Å². The summed E-state index contributed by atoms with van der Waals surface area (Å²) in [4.78, 5) is 2.40. The maximum Gasteiger partial charge on any atom is 0.171 e. The number of nitrogens with two attached hydrogens (primary N) is 1. The van der Waals surface area contributed by atoms with Crippen LogP contribution in [0.2, 0.25) is 0 Å². The van der Waals surface area contributed by atoms with Gasteiger partial charge in [-0.1, -0.05) is 17.7 Å². The fourth-order valence-corrected chi connectivity index (χ4v) is 3.06. The summed E-state index contributed by atoms with van der Waals surface area (Å²) in [6.45, 7) is 6.10. The molecule has 0 radical (unpaired) electrons. The van der Waals surface area contributed by atoms with Crippen molar-refractivity contribution < 1.29 is 9.47 Å². The number of hydrogen-bond acceptors (Lipinski definition) is 4. The molecule has 0 aliphatic carbocycles. The molecule has 2 heterocycles. The Morgan fingerprint density at radius 2 is 1.89 bits per heavy atom. The summed E-state index contributed by atoms with van der Waals surface area (Å²) in [5, 5.41) is 0. The average Bonchev–Trinajstić information content (AvgIpc) is 2.88. The molecule has 1 aromatic rings. The molecule has 0 aromatic heterocycles. The van der Waals surface area contributed by atoms with Crippen molar-refractivity contribution in [3.05, 3.63) is 29.3 Å². The van der Waals surface area contributed by atoms with E-state index in [0.717, 1.165) is 39.1 Å². The van der Waals surface area contributed by atoms with Crippen LogP contribution in [0.4, 0.5) is 5.69 Å². The van der Waals surface area contributed by atoms with Crippen LogP contribution in [0.25, 0.3) is 0 Å². The topological polar surface area (TPSA) is 47.7 Å². The number of nitrogens with zero attached hydrogens (tertiary/aromatic N) is 1. The Morgan fingerprint density at radius 1 is 1.21 bits per heavy atom. The van der Waals surface area contributed by atoms with Crippen molar-refractivity contribution >= 4 is 5.69 Å². The van der Waals surface area contributed by atoms with E-state index >= 15 is 0 Å². The molecule has 0 bridgehead atoms. The fourth-order valence-electron chi connectivity index (χ4n) is 3.06. The molecule has 0 atom stereocenters. The number of hydrogen-bond donors (Lipinski definition) is 1. The minimum atomic E-state index is -0.302. The molecular formula is C15H22N2O2. The zero-order valence-corrected chi connectivity index (χ0v) is 11.5. The molecule has 2 saturated heterocycles. The molecule has 104 valence electrons. The minimum absolute atomic E-state index is 0.302. The number of aryl methyl sites for hydroxylation is 1. The van der Waals surface area contributed by atoms with E-state index in [1.54, 1.807) is 0 Å². The van der Waals surface area contributed by atoms with E-state index in [-0.39, 0.29) is 5.79 Å². The molecule has 0 amide bonds. The van der Waals surface area contributed by atoms with Gasteiger partial charge in [0.2, 0.25) is 0 Å². The van der Waals surface area contributed by atoms with E-state index in [2.05, 4.69) is 30.0 Å². The van der Waals surface area contributed by atoms with Gasteiger partial charge in [0.1, 0.15) is 0 Å². The molecule has 4 nitrogen and oxygen atoms in total. The number of rotatable bonds is 2. The van der Waals surface area contributed by atoms with E-state index in [1.165, 1.54) is 16.8 Å². The second-order valence-electron chi connectivity index (χ2n) is 5.43. The fraction of sp³-hybridized carbons (Fsp3) is 0.600. The summed E-state index contributed by atoms with van der Waals surface area (Å²) in [6.07, 6.45) is 1.87. The van der Waals surface area contributed by atoms with E-state index in [0.29, 0.717) is 6.54 Å². The van der Waals surface area contributed by atoms with Gasteiger partial charge in [0.05, 0.1) is 13.2 Å². The van der Waals surface area contributed by atoms with E-state index in [4.69, 9.17) is 15.2 Å². The Bertz CT molecular complexity index is 445. The van der Waals surface area contributed by atoms with Gasteiger partial charge in [0.25, 0.3) is 0 Å². The van der Waals surface area contributed by atoms with Crippen LogP contribution >= 0.6 is 0 Å². The maximum atomic E-state index is 5.87. The number of anilines is 1. The third-order valence-corrected chi connectivity index (χ3v) is 4.13. The van der Waals surface area contributed by atoms with Crippen LogP contribution in [0.5, 0.6) is 0 Å². The lowest BCUT2D eigenvalue weighted by Gasteiger charge is -2.39. The van der Waals surface area contributed by atoms with Crippen molar-refractivity contribution in [2.45, 2.75) is 32.1 Å². The maximum absolute atomic E-state index is 5.87. The predicted octanol–water partition coefficient (Wildman–Crippen LogP) is 1.80. The first-order chi connectivity index (χ1) is 9.22. The Balaban J connectivity index is 1.74. The monoisotopic (exact) mass is 262 g/mol. The van der Waals surface area contributed by atoms with Crippen molar-refractivity contribution in [3.63, 3.8) is 0 Å². The first-order valence-corrected chi connectivity index (χ1v) is 7.05. The lowest BCUT2D eigenvalue weighted by atomic mass is 10.0. The zero-order chi connectivity index (χ0) is 13.3. The molecule has 19 heavy (non-hydrogen) atoms.